The molecule has 0 spiro atoms. The SMILES string of the molecule is O=C1NC(=S)N(c2ccc(Cl)cc2)C(=O)/C1=C\c1occc1-c1ccccc1[NH+]([O-])O. The highest BCUT2D eigenvalue weighted by Gasteiger charge is 2.35. The monoisotopic (exact) mass is 455 g/mol. The summed E-state index contributed by atoms with van der Waals surface area (Å²) in [6.45, 7) is 0. The van der Waals surface area contributed by atoms with E-state index in [1.807, 2.05) is 0 Å². The first-order valence-electron chi connectivity index (χ1n) is 8.94. The van der Waals surface area contributed by atoms with Gasteiger partial charge in [-0.1, -0.05) is 23.7 Å². The van der Waals surface area contributed by atoms with Gasteiger partial charge in [0.2, 0.25) is 0 Å². The van der Waals surface area contributed by atoms with E-state index in [0.717, 1.165) is 0 Å². The van der Waals surface area contributed by atoms with Crippen LogP contribution in [0.15, 0.2) is 70.9 Å². The molecule has 0 saturated carbocycles. The van der Waals surface area contributed by atoms with E-state index in [0.29, 0.717) is 21.8 Å². The third kappa shape index (κ3) is 4.00. The van der Waals surface area contributed by atoms with Crippen LogP contribution >= 0.6 is 23.8 Å². The Kier molecular flexibility index (Phi) is 5.68. The van der Waals surface area contributed by atoms with Crippen LogP contribution in [0.2, 0.25) is 5.02 Å². The molecule has 2 heterocycles. The Labute approximate surface area is 186 Å². The van der Waals surface area contributed by atoms with E-state index in [1.54, 1.807) is 48.5 Å². The predicted molar refractivity (Wildman–Crippen MR) is 118 cm³/mol. The van der Waals surface area contributed by atoms with Crippen LogP contribution in [0.3, 0.4) is 0 Å². The molecule has 31 heavy (non-hydrogen) atoms. The van der Waals surface area contributed by atoms with Crippen LogP contribution in [0.1, 0.15) is 5.76 Å². The number of benzene rings is 2. The van der Waals surface area contributed by atoms with E-state index in [4.69, 9.17) is 28.2 Å². The van der Waals surface area contributed by atoms with Crippen molar-refractivity contribution in [3.8, 4) is 11.1 Å². The minimum atomic E-state index is -1.11. The van der Waals surface area contributed by atoms with Gasteiger partial charge in [-0.25, -0.2) is 5.21 Å². The van der Waals surface area contributed by atoms with Crippen molar-refractivity contribution in [1.82, 2.24) is 5.32 Å². The fourth-order valence-electron chi connectivity index (χ4n) is 3.17. The highest BCUT2D eigenvalue weighted by atomic mass is 35.5. The van der Waals surface area contributed by atoms with Gasteiger partial charge < -0.3 is 9.62 Å². The number of hydrogen-bond donors (Lipinski definition) is 3. The average molecular weight is 456 g/mol. The Morgan fingerprint density at radius 2 is 1.81 bits per heavy atom. The van der Waals surface area contributed by atoms with Gasteiger partial charge in [0, 0.05) is 22.2 Å². The Morgan fingerprint density at radius 1 is 1.10 bits per heavy atom. The summed E-state index contributed by atoms with van der Waals surface area (Å²) in [6.07, 6.45) is 2.63. The second-order valence-electron chi connectivity index (χ2n) is 6.48. The number of thiocarbonyl (C=S) groups is 1. The molecule has 1 atom stereocenters. The van der Waals surface area contributed by atoms with Crippen molar-refractivity contribution in [2.24, 2.45) is 0 Å². The standard InChI is InChI=1S/C21H14ClN3O5S/c22-12-5-7-13(8-6-12)24-20(27)16(19(26)23-21(24)31)11-18-15(9-10-30-18)14-3-1-2-4-17(14)25(28)29/h1-11,25,28H,(H,23,26,31)/b16-11-. The molecule has 0 aliphatic carbocycles. The smallest absolute Gasteiger partial charge is 0.270 e. The van der Waals surface area contributed by atoms with E-state index in [1.165, 1.54) is 23.3 Å². The minimum absolute atomic E-state index is 0.0620. The van der Waals surface area contributed by atoms with E-state index in [9.17, 15) is 20.0 Å². The third-order valence-electron chi connectivity index (χ3n) is 4.60. The fraction of sp³-hybridized carbons (Fsp3) is 0. The van der Waals surface area contributed by atoms with Gasteiger partial charge >= 0.3 is 0 Å². The quantitative estimate of drug-likeness (QED) is 0.241. The minimum Gasteiger partial charge on any atom is -0.595 e. The van der Waals surface area contributed by atoms with Crippen molar-refractivity contribution in [3.05, 3.63) is 82.4 Å². The molecule has 3 aromatic rings. The molecule has 2 amide bonds. The van der Waals surface area contributed by atoms with E-state index in [2.05, 4.69) is 5.32 Å². The third-order valence-corrected chi connectivity index (χ3v) is 5.14. The number of hydrogen-bond acceptors (Lipinski definition) is 6. The summed E-state index contributed by atoms with van der Waals surface area (Å²) < 4.78 is 5.47. The first kappa shape index (κ1) is 20.9. The van der Waals surface area contributed by atoms with E-state index >= 15 is 0 Å². The van der Waals surface area contributed by atoms with Crippen molar-refractivity contribution in [3.63, 3.8) is 0 Å². The van der Waals surface area contributed by atoms with Gasteiger partial charge in [0.15, 0.2) is 10.8 Å². The number of quaternary nitrogens is 1. The van der Waals surface area contributed by atoms with Gasteiger partial charge in [0.25, 0.3) is 11.8 Å². The number of nitrogens with one attached hydrogen (secondary N) is 2. The van der Waals surface area contributed by atoms with Crippen LogP contribution in [0.4, 0.5) is 11.4 Å². The molecule has 10 heteroatoms. The molecule has 1 aliphatic heterocycles. The number of amides is 2. The second kappa shape index (κ2) is 8.42. The largest absolute Gasteiger partial charge is 0.595 e. The molecule has 8 nitrogen and oxygen atoms in total. The number of furan rings is 1. The second-order valence-corrected chi connectivity index (χ2v) is 7.31. The zero-order chi connectivity index (χ0) is 22.1. The molecule has 4 rings (SSSR count). The molecule has 3 N–H and O–H groups in total. The van der Waals surface area contributed by atoms with Crippen LogP contribution in [0.25, 0.3) is 17.2 Å². The lowest BCUT2D eigenvalue weighted by molar-refractivity contribution is -0.991. The number of carbonyl (C=O) groups excluding carboxylic acids is 2. The van der Waals surface area contributed by atoms with Crippen LogP contribution < -0.4 is 15.4 Å². The number of rotatable bonds is 4. The summed E-state index contributed by atoms with van der Waals surface area (Å²) in [5, 5.41) is 22.9. The molecule has 1 aliphatic rings. The maximum absolute atomic E-state index is 13.1. The summed E-state index contributed by atoms with van der Waals surface area (Å²) in [7, 11) is 0. The number of para-hydroxylation sites is 1. The van der Waals surface area contributed by atoms with E-state index in [-0.39, 0.29) is 22.1 Å². The summed E-state index contributed by atoms with van der Waals surface area (Å²) in [5.41, 5.74) is 1.10. The van der Waals surface area contributed by atoms with Crippen molar-refractivity contribution >= 4 is 58.2 Å². The predicted octanol–water partition coefficient (Wildman–Crippen LogP) is 2.83. The van der Waals surface area contributed by atoms with Gasteiger partial charge in [-0.3, -0.25) is 19.8 Å². The Hall–Kier alpha value is -3.34. The van der Waals surface area contributed by atoms with Gasteiger partial charge in [0.05, 0.1) is 12.0 Å². The maximum atomic E-state index is 13.1. The molecular weight excluding hydrogens is 442 g/mol. The normalized spacial score (nSPS) is 16.5. The highest BCUT2D eigenvalue weighted by molar-refractivity contribution is 7.80. The Bertz CT molecular complexity index is 1220. The number of anilines is 1. The molecule has 1 saturated heterocycles. The first-order valence-corrected chi connectivity index (χ1v) is 9.72. The zero-order valence-electron chi connectivity index (χ0n) is 15.7. The fourth-order valence-corrected chi connectivity index (χ4v) is 3.58. The molecule has 0 bridgehead atoms. The van der Waals surface area contributed by atoms with Crippen LogP contribution in [0.5, 0.6) is 0 Å². The molecule has 1 unspecified atom stereocenters. The lowest BCUT2D eigenvalue weighted by atomic mass is 10.0. The highest BCUT2D eigenvalue weighted by Crippen LogP contribution is 2.32. The molecular formula is C21H14ClN3O5S. The summed E-state index contributed by atoms with van der Waals surface area (Å²) >= 11 is 11.1. The van der Waals surface area contributed by atoms with Crippen molar-refractivity contribution < 1.29 is 24.4 Å². The van der Waals surface area contributed by atoms with Gasteiger partial charge in [-0.05, 0) is 54.7 Å². The van der Waals surface area contributed by atoms with Gasteiger partial charge in [0.1, 0.15) is 11.3 Å². The number of carbonyl (C=O) groups is 2. The summed E-state index contributed by atoms with van der Waals surface area (Å²) in [6, 6.07) is 14.3. The Morgan fingerprint density at radius 3 is 2.52 bits per heavy atom. The van der Waals surface area contributed by atoms with Crippen LogP contribution in [0, 0.1) is 5.21 Å². The zero-order valence-corrected chi connectivity index (χ0v) is 17.2. The molecule has 1 aromatic heterocycles. The number of halogens is 1. The molecule has 1 fully saturated rings. The molecule has 2 aromatic carbocycles. The average Bonchev–Trinajstić information content (AvgIpc) is 3.20. The first-order chi connectivity index (χ1) is 14.9. The van der Waals surface area contributed by atoms with Crippen molar-refractivity contribution in [2.75, 3.05) is 4.90 Å². The van der Waals surface area contributed by atoms with E-state index < -0.39 is 17.0 Å². The lowest BCUT2D eigenvalue weighted by Gasteiger charge is -2.28. The topological polar surface area (TPSA) is 110 Å². The van der Waals surface area contributed by atoms with Gasteiger partial charge in [-0.15, -0.1) is 0 Å². The lowest BCUT2D eigenvalue weighted by Crippen LogP contribution is -2.99. The Balaban J connectivity index is 1.77. The van der Waals surface area contributed by atoms with Crippen molar-refractivity contribution in [1.29, 1.82) is 0 Å². The van der Waals surface area contributed by atoms with Crippen molar-refractivity contribution in [2.45, 2.75) is 0 Å². The summed E-state index contributed by atoms with van der Waals surface area (Å²) in [5.74, 6) is -1.17. The number of nitrogens with zero attached hydrogens (tertiary/aromatic N) is 1. The molecule has 0 radical (unpaired) electrons. The maximum Gasteiger partial charge on any atom is 0.270 e. The molecule has 156 valence electrons. The summed E-state index contributed by atoms with van der Waals surface area (Å²) in [4.78, 5) is 26.8. The van der Waals surface area contributed by atoms with Gasteiger partial charge in [-0.2, -0.15) is 5.23 Å². The van der Waals surface area contributed by atoms with Crippen LogP contribution in [-0.2, 0) is 9.59 Å². The van der Waals surface area contributed by atoms with Crippen LogP contribution in [-0.4, -0.2) is 22.1 Å².